The fourth-order valence-corrected chi connectivity index (χ4v) is 5.45. The number of rotatable bonds is 7. The summed E-state index contributed by atoms with van der Waals surface area (Å²) < 4.78 is 12.9. The number of amides is 1. The Labute approximate surface area is 211 Å². The quantitative estimate of drug-likeness (QED) is 0.496. The zero-order valence-corrected chi connectivity index (χ0v) is 21.5. The number of anilines is 1. The number of carbonyl (C=O) groups is 1. The Morgan fingerprint density at radius 3 is 2.50 bits per heavy atom. The zero-order valence-electron chi connectivity index (χ0n) is 21.5. The van der Waals surface area contributed by atoms with Crippen LogP contribution in [0.1, 0.15) is 38.2 Å². The van der Waals surface area contributed by atoms with Crippen molar-refractivity contribution >= 4 is 17.4 Å². The van der Waals surface area contributed by atoms with Crippen molar-refractivity contribution in [2.45, 2.75) is 44.7 Å². The van der Waals surface area contributed by atoms with E-state index in [-0.39, 0.29) is 11.9 Å². The first-order chi connectivity index (χ1) is 17.4. The van der Waals surface area contributed by atoms with Gasteiger partial charge in [0.15, 0.2) is 5.65 Å². The Balaban J connectivity index is 1.12. The maximum Gasteiger partial charge on any atom is 0.338 e. The molecule has 10 nitrogen and oxygen atoms in total. The van der Waals surface area contributed by atoms with Crippen molar-refractivity contribution in [3.63, 3.8) is 0 Å². The maximum atomic E-state index is 12.3. The number of carbonyl (C=O) groups excluding carboxylic acids is 1. The third-order valence-electron chi connectivity index (χ3n) is 7.53. The lowest BCUT2D eigenvalue weighted by Crippen LogP contribution is -2.59. The average Bonchev–Trinajstić information content (AvgIpc) is 3.32. The van der Waals surface area contributed by atoms with Crippen molar-refractivity contribution in [1.82, 2.24) is 29.6 Å². The molecule has 2 aromatic heterocycles. The minimum absolute atomic E-state index is 0.105. The summed E-state index contributed by atoms with van der Waals surface area (Å²) in [5.74, 6) is 2.48. The number of aromatic nitrogens is 4. The first-order valence-corrected chi connectivity index (χ1v) is 12.7. The third-order valence-corrected chi connectivity index (χ3v) is 7.53. The number of piperidine rings is 1. The Hall–Kier alpha value is -3.40. The van der Waals surface area contributed by atoms with Gasteiger partial charge in [-0.2, -0.15) is 4.52 Å². The van der Waals surface area contributed by atoms with Crippen LogP contribution in [-0.4, -0.2) is 94.5 Å². The van der Waals surface area contributed by atoms with Gasteiger partial charge in [-0.3, -0.25) is 9.69 Å². The summed E-state index contributed by atoms with van der Waals surface area (Å²) in [5.41, 5.74) is 2.02. The number of piperazine rings is 1. The molecule has 2 atom stereocenters. The van der Waals surface area contributed by atoms with Crippen LogP contribution in [0.2, 0.25) is 0 Å². The molecule has 0 N–H and O–H groups in total. The fraction of sp³-hybridized carbons (Fsp3) is 0.538. The molecule has 5 rings (SSSR count). The number of hydrogen-bond donors (Lipinski definition) is 0. The van der Waals surface area contributed by atoms with E-state index in [1.807, 2.05) is 31.0 Å². The Bertz CT molecular complexity index is 1190. The molecule has 4 heterocycles. The topological polar surface area (TPSA) is 88.3 Å². The number of benzene rings is 1. The average molecular weight is 494 g/mol. The summed E-state index contributed by atoms with van der Waals surface area (Å²) in [6.07, 6.45) is 2.12. The van der Waals surface area contributed by atoms with E-state index in [4.69, 9.17) is 9.47 Å². The molecule has 1 amide bonds. The molecule has 0 saturated carbocycles. The maximum absolute atomic E-state index is 12.3. The highest BCUT2D eigenvalue weighted by molar-refractivity contribution is 5.82. The van der Waals surface area contributed by atoms with Crippen LogP contribution in [0, 0.1) is 0 Å². The van der Waals surface area contributed by atoms with Crippen molar-refractivity contribution in [2.75, 3.05) is 51.8 Å². The second kappa shape index (κ2) is 10.3. The van der Waals surface area contributed by atoms with E-state index < -0.39 is 0 Å². The standard InChI is InChI=1S/C26H35N7O3/c1-18-17-30(3)25(34)19(2)32(18)15-16-36-22-7-5-20(6-8-22)21-11-13-31(14-12-21)24-10-9-23-27-28-26(35-4)33(23)29-24/h5-10,18-19,21H,11-17H2,1-4H3/t18-,19-/m1/s1. The van der Waals surface area contributed by atoms with E-state index in [9.17, 15) is 4.79 Å². The van der Waals surface area contributed by atoms with E-state index >= 15 is 0 Å². The van der Waals surface area contributed by atoms with E-state index in [1.54, 1.807) is 11.6 Å². The van der Waals surface area contributed by atoms with E-state index in [0.29, 0.717) is 30.2 Å². The van der Waals surface area contributed by atoms with Gasteiger partial charge >= 0.3 is 6.01 Å². The fourth-order valence-electron chi connectivity index (χ4n) is 5.45. The van der Waals surface area contributed by atoms with Crippen molar-refractivity contribution in [1.29, 1.82) is 0 Å². The van der Waals surface area contributed by atoms with Crippen molar-refractivity contribution in [2.24, 2.45) is 0 Å². The molecule has 0 spiro atoms. The van der Waals surface area contributed by atoms with Gasteiger partial charge in [0.1, 0.15) is 18.2 Å². The molecule has 3 aromatic rings. The molecule has 0 aliphatic carbocycles. The van der Waals surface area contributed by atoms with E-state index in [1.165, 1.54) is 5.56 Å². The highest BCUT2D eigenvalue weighted by Crippen LogP contribution is 2.31. The van der Waals surface area contributed by atoms with Gasteiger partial charge in [-0.25, -0.2) is 0 Å². The number of methoxy groups -OCH3 is 1. The van der Waals surface area contributed by atoms with Gasteiger partial charge in [-0.1, -0.05) is 17.2 Å². The van der Waals surface area contributed by atoms with Gasteiger partial charge in [-0.05, 0) is 62.4 Å². The lowest BCUT2D eigenvalue weighted by atomic mass is 9.89. The molecular weight excluding hydrogens is 458 g/mol. The molecule has 0 unspecified atom stereocenters. The summed E-state index contributed by atoms with van der Waals surface area (Å²) in [7, 11) is 3.45. The predicted octanol–water partition coefficient (Wildman–Crippen LogP) is 2.45. The zero-order chi connectivity index (χ0) is 25.2. The second-order valence-electron chi connectivity index (χ2n) is 9.81. The lowest BCUT2D eigenvalue weighted by Gasteiger charge is -2.42. The molecule has 2 saturated heterocycles. The van der Waals surface area contributed by atoms with Gasteiger partial charge in [-0.15, -0.1) is 10.2 Å². The summed E-state index contributed by atoms with van der Waals surface area (Å²) in [6, 6.07) is 13.0. The number of hydrogen-bond acceptors (Lipinski definition) is 8. The Kier molecular flexibility index (Phi) is 6.95. The van der Waals surface area contributed by atoms with Crippen LogP contribution in [0.15, 0.2) is 36.4 Å². The molecular formula is C26H35N7O3. The number of likely N-dealkylation sites (N-methyl/N-ethyl adjacent to an activating group) is 1. The number of fused-ring (bicyclic) bond motifs is 1. The van der Waals surface area contributed by atoms with Gasteiger partial charge in [0, 0.05) is 39.3 Å². The number of nitrogens with zero attached hydrogens (tertiary/aromatic N) is 7. The summed E-state index contributed by atoms with van der Waals surface area (Å²) in [5, 5.41) is 12.7. The van der Waals surface area contributed by atoms with Gasteiger partial charge in [0.25, 0.3) is 0 Å². The van der Waals surface area contributed by atoms with Crippen LogP contribution in [0.4, 0.5) is 5.82 Å². The smallest absolute Gasteiger partial charge is 0.338 e. The molecule has 2 fully saturated rings. The van der Waals surface area contributed by atoms with Crippen LogP contribution in [0.3, 0.4) is 0 Å². The Morgan fingerprint density at radius 1 is 1.03 bits per heavy atom. The third kappa shape index (κ3) is 4.82. The monoisotopic (exact) mass is 493 g/mol. The molecule has 192 valence electrons. The van der Waals surface area contributed by atoms with E-state index in [2.05, 4.69) is 56.3 Å². The predicted molar refractivity (Wildman–Crippen MR) is 137 cm³/mol. The SMILES string of the molecule is COc1nnc2ccc(N3CCC(c4ccc(OCCN5[C@H](C)CN(C)C(=O)[C@H]5C)cc4)CC3)nn12. The van der Waals surface area contributed by atoms with Crippen molar-refractivity contribution in [3.8, 4) is 11.8 Å². The minimum atomic E-state index is -0.105. The normalized spacial score (nSPS) is 21.8. The first-order valence-electron chi connectivity index (χ1n) is 12.7. The van der Waals surface area contributed by atoms with Gasteiger partial charge < -0.3 is 19.3 Å². The summed E-state index contributed by atoms with van der Waals surface area (Å²) in [6.45, 7) is 8.09. The molecule has 10 heteroatoms. The molecule has 36 heavy (non-hydrogen) atoms. The van der Waals surface area contributed by atoms with Crippen LogP contribution in [0.5, 0.6) is 11.8 Å². The van der Waals surface area contributed by atoms with E-state index in [0.717, 1.165) is 50.6 Å². The largest absolute Gasteiger partial charge is 0.492 e. The number of ether oxygens (including phenoxy) is 2. The van der Waals surface area contributed by atoms with Crippen molar-refractivity contribution < 1.29 is 14.3 Å². The second-order valence-corrected chi connectivity index (χ2v) is 9.81. The Morgan fingerprint density at radius 2 is 1.78 bits per heavy atom. The van der Waals surface area contributed by atoms with Gasteiger partial charge in [0.2, 0.25) is 5.91 Å². The summed E-state index contributed by atoms with van der Waals surface area (Å²) >= 11 is 0. The first kappa shape index (κ1) is 24.3. The van der Waals surface area contributed by atoms with Crippen LogP contribution in [-0.2, 0) is 4.79 Å². The lowest BCUT2D eigenvalue weighted by molar-refractivity contribution is -0.142. The van der Waals surface area contributed by atoms with Crippen LogP contribution in [0.25, 0.3) is 5.65 Å². The molecule has 2 aliphatic heterocycles. The van der Waals surface area contributed by atoms with Crippen LogP contribution < -0.4 is 14.4 Å². The molecule has 0 radical (unpaired) electrons. The van der Waals surface area contributed by atoms with Gasteiger partial charge in [0.05, 0.1) is 13.2 Å². The van der Waals surface area contributed by atoms with Crippen LogP contribution >= 0.6 is 0 Å². The highest BCUT2D eigenvalue weighted by Gasteiger charge is 2.33. The van der Waals surface area contributed by atoms with Crippen molar-refractivity contribution in [3.05, 3.63) is 42.0 Å². The highest BCUT2D eigenvalue weighted by atomic mass is 16.5. The minimum Gasteiger partial charge on any atom is -0.492 e. The molecule has 2 aliphatic rings. The molecule has 0 bridgehead atoms. The molecule has 1 aromatic carbocycles. The summed E-state index contributed by atoms with van der Waals surface area (Å²) in [4.78, 5) is 18.7.